The van der Waals surface area contributed by atoms with E-state index in [1.54, 1.807) is 12.1 Å². The van der Waals surface area contributed by atoms with Crippen LogP contribution in [0.25, 0.3) is 16.8 Å². The highest BCUT2D eigenvalue weighted by Gasteiger charge is 2.14. The minimum absolute atomic E-state index is 0.116. The molecule has 0 bridgehead atoms. The van der Waals surface area contributed by atoms with E-state index in [1.807, 2.05) is 42.5 Å². The second-order valence-corrected chi connectivity index (χ2v) is 7.25. The van der Waals surface area contributed by atoms with Gasteiger partial charge >= 0.3 is 5.97 Å². The van der Waals surface area contributed by atoms with Crippen LogP contribution in [0.15, 0.2) is 64.6 Å². The van der Waals surface area contributed by atoms with E-state index in [4.69, 9.17) is 14.6 Å². The molecule has 0 aromatic heterocycles. The number of anilines is 1. The van der Waals surface area contributed by atoms with E-state index < -0.39 is 18.5 Å². The molecule has 0 aliphatic heterocycles. The Bertz CT molecular complexity index is 1230. The van der Waals surface area contributed by atoms with Gasteiger partial charge in [-0.15, -0.1) is 0 Å². The zero-order valence-corrected chi connectivity index (χ0v) is 18.0. The van der Waals surface area contributed by atoms with Gasteiger partial charge in [0.05, 0.1) is 7.11 Å². The van der Waals surface area contributed by atoms with Crippen LogP contribution >= 0.6 is 15.9 Å². The number of hydrogen-bond donors (Lipinski definition) is 2. The fraction of sp³-hybridized carbons (Fsp3) is 0.0870. The smallest absolute Gasteiger partial charge is 0.341 e. The maximum atomic E-state index is 12.7. The number of rotatable bonds is 7. The lowest BCUT2D eigenvalue weighted by Gasteiger charge is -2.12. The molecule has 0 radical (unpaired) electrons. The van der Waals surface area contributed by atoms with Crippen molar-refractivity contribution in [1.82, 2.24) is 0 Å². The van der Waals surface area contributed by atoms with Crippen molar-refractivity contribution in [1.29, 1.82) is 5.26 Å². The van der Waals surface area contributed by atoms with Crippen LogP contribution in [0.5, 0.6) is 11.5 Å². The summed E-state index contributed by atoms with van der Waals surface area (Å²) >= 11 is 3.35. The summed E-state index contributed by atoms with van der Waals surface area (Å²) in [7, 11) is 1.40. The van der Waals surface area contributed by atoms with Gasteiger partial charge in [0, 0.05) is 10.2 Å². The van der Waals surface area contributed by atoms with Gasteiger partial charge in [-0.1, -0.05) is 46.3 Å². The van der Waals surface area contributed by atoms with Crippen LogP contribution in [0, 0.1) is 11.3 Å². The van der Waals surface area contributed by atoms with E-state index in [-0.39, 0.29) is 17.1 Å². The number of aliphatic carboxylic acids is 1. The van der Waals surface area contributed by atoms with Gasteiger partial charge in [-0.2, -0.15) is 5.26 Å². The van der Waals surface area contributed by atoms with Crippen LogP contribution in [0.4, 0.5) is 5.69 Å². The lowest BCUT2D eigenvalue weighted by molar-refractivity contribution is -0.139. The Balaban J connectivity index is 1.86. The maximum absolute atomic E-state index is 12.7. The van der Waals surface area contributed by atoms with Crippen LogP contribution in [0.1, 0.15) is 5.56 Å². The number of ether oxygens (including phenoxy) is 2. The van der Waals surface area contributed by atoms with E-state index in [0.717, 1.165) is 10.8 Å². The van der Waals surface area contributed by atoms with Gasteiger partial charge in [-0.3, -0.25) is 4.79 Å². The van der Waals surface area contributed by atoms with Gasteiger partial charge in [0.2, 0.25) is 0 Å². The number of carboxylic acid groups (broad SMARTS) is 1. The Morgan fingerprint density at radius 3 is 2.55 bits per heavy atom. The molecule has 1 amide bonds. The molecular formula is C23H17BrN2O5. The summed E-state index contributed by atoms with van der Waals surface area (Å²) in [6, 6.07) is 18.2. The molecule has 0 aliphatic carbocycles. The molecule has 0 aliphatic rings. The van der Waals surface area contributed by atoms with Gasteiger partial charge in [0.15, 0.2) is 18.1 Å². The summed E-state index contributed by atoms with van der Waals surface area (Å²) in [6.45, 7) is -0.532. The molecule has 2 N–H and O–H groups in total. The number of carbonyl (C=O) groups excluding carboxylic acids is 1. The van der Waals surface area contributed by atoms with Crippen molar-refractivity contribution in [2.24, 2.45) is 0 Å². The van der Waals surface area contributed by atoms with E-state index in [1.165, 1.54) is 19.3 Å². The number of nitrogens with one attached hydrogen (secondary N) is 1. The molecule has 0 atom stereocenters. The number of methoxy groups -OCH3 is 1. The molecule has 3 rings (SSSR count). The molecule has 0 spiro atoms. The zero-order chi connectivity index (χ0) is 22.4. The minimum Gasteiger partial charge on any atom is -0.493 e. The average molecular weight is 481 g/mol. The number of amides is 1. The topological polar surface area (TPSA) is 109 Å². The highest BCUT2D eigenvalue weighted by molar-refractivity contribution is 9.10. The average Bonchev–Trinajstić information content (AvgIpc) is 2.76. The van der Waals surface area contributed by atoms with Gasteiger partial charge in [0.25, 0.3) is 5.91 Å². The Kier molecular flexibility index (Phi) is 6.90. The first-order valence-corrected chi connectivity index (χ1v) is 9.84. The molecular weight excluding hydrogens is 464 g/mol. The second kappa shape index (κ2) is 9.78. The van der Waals surface area contributed by atoms with Crippen molar-refractivity contribution < 1.29 is 24.2 Å². The molecule has 156 valence electrons. The van der Waals surface area contributed by atoms with E-state index in [9.17, 15) is 14.9 Å². The van der Waals surface area contributed by atoms with Crippen molar-refractivity contribution in [2.75, 3.05) is 19.0 Å². The first-order valence-electron chi connectivity index (χ1n) is 9.05. The van der Waals surface area contributed by atoms with Crippen LogP contribution in [0.2, 0.25) is 0 Å². The van der Waals surface area contributed by atoms with Gasteiger partial charge in [-0.05, 0) is 46.7 Å². The number of halogens is 1. The normalized spacial score (nSPS) is 10.9. The third-order valence-electron chi connectivity index (χ3n) is 4.31. The maximum Gasteiger partial charge on any atom is 0.341 e. The molecule has 8 heteroatoms. The van der Waals surface area contributed by atoms with E-state index >= 15 is 0 Å². The molecule has 0 heterocycles. The number of benzene rings is 3. The summed E-state index contributed by atoms with van der Waals surface area (Å²) < 4.78 is 10.9. The van der Waals surface area contributed by atoms with E-state index in [2.05, 4.69) is 21.2 Å². The minimum atomic E-state index is -1.13. The molecule has 7 nitrogen and oxygen atoms in total. The number of hydrogen-bond acceptors (Lipinski definition) is 5. The predicted molar refractivity (Wildman–Crippen MR) is 120 cm³/mol. The summed E-state index contributed by atoms with van der Waals surface area (Å²) in [5, 5.41) is 23.0. The number of nitriles is 1. The van der Waals surface area contributed by atoms with Gasteiger partial charge < -0.3 is 19.9 Å². The fourth-order valence-corrected chi connectivity index (χ4v) is 3.28. The van der Waals surface area contributed by atoms with E-state index in [0.29, 0.717) is 15.7 Å². The molecule has 0 saturated carbocycles. The highest BCUT2D eigenvalue weighted by Crippen LogP contribution is 2.34. The Hall–Kier alpha value is -3.83. The van der Waals surface area contributed by atoms with Crippen molar-refractivity contribution in [3.63, 3.8) is 0 Å². The number of nitrogens with zero attached hydrogens (tertiary/aromatic N) is 1. The van der Waals surface area contributed by atoms with Crippen molar-refractivity contribution in [3.05, 3.63) is 70.2 Å². The highest BCUT2D eigenvalue weighted by atomic mass is 79.9. The number of fused-ring (bicyclic) bond motifs is 1. The summed E-state index contributed by atoms with van der Waals surface area (Å²) in [5.41, 5.74) is 0.943. The number of carbonyl (C=O) groups is 2. The molecule has 3 aromatic rings. The lowest BCUT2D eigenvalue weighted by Crippen LogP contribution is -2.13. The third-order valence-corrected chi connectivity index (χ3v) is 4.99. The van der Waals surface area contributed by atoms with Crippen LogP contribution in [-0.2, 0) is 9.59 Å². The Morgan fingerprint density at radius 2 is 1.87 bits per heavy atom. The summed E-state index contributed by atoms with van der Waals surface area (Å²) in [6.07, 6.45) is 1.41. The summed E-state index contributed by atoms with van der Waals surface area (Å²) in [4.78, 5) is 23.4. The standard InChI is InChI=1S/C23H17BrN2O5/c1-30-20-10-16(19(24)11-21(20)31-13-22(27)28)8-17(12-25)23(29)26-18-7-6-14-4-2-3-5-15(14)9-18/h2-11H,13H2,1H3,(H,26,29)(H,27,28)/b17-8+. The summed E-state index contributed by atoms with van der Waals surface area (Å²) in [5.74, 6) is -1.20. The lowest BCUT2D eigenvalue weighted by atomic mass is 10.1. The van der Waals surface area contributed by atoms with Crippen LogP contribution in [0.3, 0.4) is 0 Å². The fourth-order valence-electron chi connectivity index (χ4n) is 2.84. The number of carboxylic acids is 1. The quantitative estimate of drug-likeness (QED) is 0.377. The second-order valence-electron chi connectivity index (χ2n) is 6.39. The molecule has 0 fully saturated rings. The first-order chi connectivity index (χ1) is 14.9. The molecule has 0 unspecified atom stereocenters. The largest absolute Gasteiger partial charge is 0.493 e. The van der Waals surface area contributed by atoms with Crippen molar-refractivity contribution >= 4 is 50.3 Å². The molecule has 3 aromatic carbocycles. The first kappa shape index (κ1) is 21.9. The van der Waals surface area contributed by atoms with Crippen molar-refractivity contribution in [2.45, 2.75) is 0 Å². The monoisotopic (exact) mass is 480 g/mol. The molecule has 31 heavy (non-hydrogen) atoms. The van der Waals surface area contributed by atoms with Crippen LogP contribution in [-0.4, -0.2) is 30.7 Å². The predicted octanol–water partition coefficient (Wildman–Crippen LogP) is 4.62. The van der Waals surface area contributed by atoms with Gasteiger partial charge in [-0.25, -0.2) is 4.79 Å². The van der Waals surface area contributed by atoms with Crippen LogP contribution < -0.4 is 14.8 Å². The third kappa shape index (κ3) is 5.41. The Morgan fingerprint density at radius 1 is 1.13 bits per heavy atom. The zero-order valence-electron chi connectivity index (χ0n) is 16.4. The SMILES string of the molecule is COc1cc(/C=C(\C#N)C(=O)Nc2ccc3ccccc3c2)c(Br)cc1OCC(=O)O. The van der Waals surface area contributed by atoms with Gasteiger partial charge in [0.1, 0.15) is 11.6 Å². The molecule has 0 saturated heterocycles. The Labute approximate surface area is 186 Å². The van der Waals surface area contributed by atoms with Crippen molar-refractivity contribution in [3.8, 4) is 17.6 Å².